The molecule has 0 saturated heterocycles. The molecule has 0 fully saturated rings. The van der Waals surface area contributed by atoms with Gasteiger partial charge in [-0.15, -0.1) is 0 Å². The second-order valence-electron chi connectivity index (χ2n) is 4.89. The van der Waals surface area contributed by atoms with Crippen LogP contribution in [0.2, 0.25) is 0 Å². The van der Waals surface area contributed by atoms with Crippen LogP contribution in [0.1, 0.15) is 19.4 Å². The zero-order valence-corrected chi connectivity index (χ0v) is 12.5. The molecule has 1 aromatic heterocycles. The Morgan fingerprint density at radius 3 is 2.65 bits per heavy atom. The summed E-state index contributed by atoms with van der Waals surface area (Å²) in [7, 11) is 1.94. The van der Waals surface area contributed by atoms with E-state index in [9.17, 15) is 4.79 Å². The van der Waals surface area contributed by atoms with Crippen molar-refractivity contribution in [2.45, 2.75) is 26.9 Å². The quantitative estimate of drug-likeness (QED) is 0.876. The number of fused-ring (bicyclic) bond motifs is 1. The van der Waals surface area contributed by atoms with E-state index in [1.807, 2.05) is 32.0 Å². The highest BCUT2D eigenvalue weighted by Gasteiger charge is 2.13. The van der Waals surface area contributed by atoms with Crippen molar-refractivity contribution in [3.05, 3.63) is 36.0 Å². The first-order valence-corrected chi connectivity index (χ1v) is 7.20. The molecule has 1 aromatic carbocycles. The monoisotopic (exact) mass is 273 g/mol. The first-order chi connectivity index (χ1) is 9.71. The summed E-state index contributed by atoms with van der Waals surface area (Å²) in [5, 5.41) is 4.37. The van der Waals surface area contributed by atoms with Gasteiger partial charge in [0.15, 0.2) is 0 Å². The molecule has 0 atom stereocenters. The van der Waals surface area contributed by atoms with Crippen molar-refractivity contribution in [2.24, 2.45) is 0 Å². The molecule has 1 amide bonds. The highest BCUT2D eigenvalue weighted by atomic mass is 16.2. The number of likely N-dealkylation sites (N-methyl/N-ethyl adjacent to an activating group) is 1. The number of carbonyl (C=O) groups is 1. The molecule has 0 spiro atoms. The van der Waals surface area contributed by atoms with Gasteiger partial charge in [0, 0.05) is 25.8 Å². The van der Waals surface area contributed by atoms with Gasteiger partial charge in [-0.3, -0.25) is 4.79 Å². The van der Waals surface area contributed by atoms with Crippen molar-refractivity contribution < 1.29 is 4.79 Å². The lowest BCUT2D eigenvalue weighted by Gasteiger charge is -2.19. The highest BCUT2D eigenvalue weighted by Crippen LogP contribution is 2.20. The maximum atomic E-state index is 12.3. The predicted molar refractivity (Wildman–Crippen MR) is 82.6 cm³/mol. The van der Waals surface area contributed by atoms with Crippen LogP contribution in [0.25, 0.3) is 10.9 Å². The van der Waals surface area contributed by atoms with E-state index in [0.29, 0.717) is 6.54 Å². The molecular formula is C16H23N3O. The third-order valence-corrected chi connectivity index (χ3v) is 3.66. The molecular weight excluding hydrogens is 250 g/mol. The van der Waals surface area contributed by atoms with Gasteiger partial charge in [-0.1, -0.05) is 18.2 Å². The number of para-hydroxylation sites is 1. The molecule has 4 nitrogen and oxygen atoms in total. The molecule has 1 heterocycles. The molecule has 108 valence electrons. The van der Waals surface area contributed by atoms with Crippen LogP contribution in [0.15, 0.2) is 30.5 Å². The standard InChI is InChI=1S/C16H23N3O/c1-4-18(5-2)15(20)12-19-10-9-13-7-6-8-14(11-17-3)16(13)19/h6-10,17H,4-5,11-12H2,1-3H3. The van der Waals surface area contributed by atoms with E-state index in [1.54, 1.807) is 0 Å². The highest BCUT2D eigenvalue weighted by molar-refractivity contribution is 5.85. The molecule has 0 aliphatic heterocycles. The molecule has 0 aliphatic rings. The lowest BCUT2D eigenvalue weighted by Crippen LogP contribution is -2.33. The molecule has 0 aliphatic carbocycles. The van der Waals surface area contributed by atoms with Crippen LogP contribution in [0, 0.1) is 0 Å². The van der Waals surface area contributed by atoms with E-state index in [1.165, 1.54) is 10.9 Å². The third-order valence-electron chi connectivity index (χ3n) is 3.66. The van der Waals surface area contributed by atoms with Gasteiger partial charge < -0.3 is 14.8 Å². The Morgan fingerprint density at radius 2 is 2.00 bits per heavy atom. The lowest BCUT2D eigenvalue weighted by atomic mass is 10.1. The molecule has 1 N–H and O–H groups in total. The first kappa shape index (κ1) is 14.6. The van der Waals surface area contributed by atoms with E-state index >= 15 is 0 Å². The van der Waals surface area contributed by atoms with Crippen molar-refractivity contribution in [3.8, 4) is 0 Å². The van der Waals surface area contributed by atoms with E-state index in [4.69, 9.17) is 0 Å². The fourth-order valence-corrected chi connectivity index (χ4v) is 2.63. The van der Waals surface area contributed by atoms with Gasteiger partial charge in [0.2, 0.25) is 5.91 Å². The van der Waals surface area contributed by atoms with Crippen molar-refractivity contribution in [1.82, 2.24) is 14.8 Å². The summed E-state index contributed by atoms with van der Waals surface area (Å²) in [4.78, 5) is 14.1. The average molecular weight is 273 g/mol. The second-order valence-corrected chi connectivity index (χ2v) is 4.89. The maximum Gasteiger partial charge on any atom is 0.242 e. The minimum absolute atomic E-state index is 0.173. The number of carbonyl (C=O) groups excluding carboxylic acids is 1. The van der Waals surface area contributed by atoms with Crippen molar-refractivity contribution in [1.29, 1.82) is 0 Å². The summed E-state index contributed by atoms with van der Waals surface area (Å²) >= 11 is 0. The van der Waals surface area contributed by atoms with Crippen LogP contribution in [0.4, 0.5) is 0 Å². The summed E-state index contributed by atoms with van der Waals surface area (Å²) in [6.07, 6.45) is 2.01. The zero-order valence-electron chi connectivity index (χ0n) is 12.5. The summed E-state index contributed by atoms with van der Waals surface area (Å²) in [6, 6.07) is 8.33. The Kier molecular flexibility index (Phi) is 4.79. The molecule has 0 unspecified atom stereocenters. The van der Waals surface area contributed by atoms with Gasteiger partial charge in [0.25, 0.3) is 0 Å². The Balaban J connectivity index is 2.32. The Labute approximate surface area is 120 Å². The van der Waals surface area contributed by atoms with Crippen molar-refractivity contribution in [2.75, 3.05) is 20.1 Å². The van der Waals surface area contributed by atoms with Gasteiger partial charge in [-0.05, 0) is 37.9 Å². The SMILES string of the molecule is CCN(CC)C(=O)Cn1ccc2cccc(CNC)c21. The van der Waals surface area contributed by atoms with Crippen LogP contribution in [0.5, 0.6) is 0 Å². The molecule has 4 heteroatoms. The largest absolute Gasteiger partial charge is 0.342 e. The van der Waals surface area contributed by atoms with E-state index in [0.717, 1.165) is 25.2 Å². The molecule has 0 radical (unpaired) electrons. The molecule has 20 heavy (non-hydrogen) atoms. The van der Waals surface area contributed by atoms with Crippen molar-refractivity contribution in [3.63, 3.8) is 0 Å². The number of benzene rings is 1. The summed E-state index contributed by atoms with van der Waals surface area (Å²) in [5.41, 5.74) is 2.38. The number of hydrogen-bond acceptors (Lipinski definition) is 2. The number of rotatable bonds is 6. The Bertz CT molecular complexity index is 584. The van der Waals surface area contributed by atoms with E-state index in [-0.39, 0.29) is 5.91 Å². The zero-order chi connectivity index (χ0) is 14.5. The number of nitrogens with zero attached hydrogens (tertiary/aromatic N) is 2. The Morgan fingerprint density at radius 1 is 1.25 bits per heavy atom. The summed E-state index contributed by atoms with van der Waals surface area (Å²) in [5.74, 6) is 0.173. The predicted octanol–water partition coefficient (Wildman–Crippen LogP) is 2.23. The number of hydrogen-bond donors (Lipinski definition) is 1. The minimum atomic E-state index is 0.173. The van der Waals surface area contributed by atoms with Gasteiger partial charge >= 0.3 is 0 Å². The summed E-state index contributed by atoms with van der Waals surface area (Å²) in [6.45, 7) is 6.77. The smallest absolute Gasteiger partial charge is 0.242 e. The van der Waals surface area contributed by atoms with Crippen LogP contribution in [0.3, 0.4) is 0 Å². The summed E-state index contributed by atoms with van der Waals surface area (Å²) < 4.78 is 2.06. The first-order valence-electron chi connectivity index (χ1n) is 7.20. The van der Waals surface area contributed by atoms with Crippen LogP contribution in [-0.4, -0.2) is 35.5 Å². The average Bonchev–Trinajstić information content (AvgIpc) is 2.85. The van der Waals surface area contributed by atoms with Gasteiger partial charge in [-0.2, -0.15) is 0 Å². The molecule has 0 saturated carbocycles. The number of nitrogens with one attached hydrogen (secondary N) is 1. The topological polar surface area (TPSA) is 37.3 Å². The fourth-order valence-electron chi connectivity index (χ4n) is 2.63. The van der Waals surface area contributed by atoms with Crippen LogP contribution in [-0.2, 0) is 17.9 Å². The van der Waals surface area contributed by atoms with Crippen molar-refractivity contribution >= 4 is 16.8 Å². The maximum absolute atomic E-state index is 12.3. The molecule has 2 rings (SSSR count). The minimum Gasteiger partial charge on any atom is -0.342 e. The van der Waals surface area contributed by atoms with Gasteiger partial charge in [-0.25, -0.2) is 0 Å². The van der Waals surface area contributed by atoms with E-state index < -0.39 is 0 Å². The fraction of sp³-hybridized carbons (Fsp3) is 0.438. The normalized spacial score (nSPS) is 10.9. The van der Waals surface area contributed by atoms with Crippen LogP contribution >= 0.6 is 0 Å². The number of amides is 1. The number of aromatic nitrogens is 1. The van der Waals surface area contributed by atoms with Crippen LogP contribution < -0.4 is 5.32 Å². The van der Waals surface area contributed by atoms with Gasteiger partial charge in [0.05, 0.1) is 5.52 Å². The molecule has 0 bridgehead atoms. The third kappa shape index (κ3) is 2.85. The molecule has 2 aromatic rings. The second kappa shape index (κ2) is 6.57. The lowest BCUT2D eigenvalue weighted by molar-refractivity contribution is -0.131. The van der Waals surface area contributed by atoms with E-state index in [2.05, 4.69) is 34.1 Å². The Hall–Kier alpha value is -1.81. The van der Waals surface area contributed by atoms with Gasteiger partial charge in [0.1, 0.15) is 6.54 Å².